The number of carbonyl (C=O) groups excluding carboxylic acids is 1. The summed E-state index contributed by atoms with van der Waals surface area (Å²) in [6.07, 6.45) is -0.424. The van der Waals surface area contributed by atoms with Gasteiger partial charge in [0.1, 0.15) is 22.4 Å². The number of aryl methyl sites for hydroxylation is 1. The Morgan fingerprint density at radius 1 is 1.16 bits per heavy atom. The SMILES string of the molecule is COc1ccc(C(=O)NC2c3cc(-n4c(=O)c5c(C)onc5c5c(Cl)cccc54)ccc3CC2O)cc1. The van der Waals surface area contributed by atoms with E-state index in [0.29, 0.717) is 56.0 Å². The molecule has 1 aliphatic rings. The lowest BCUT2D eigenvalue weighted by molar-refractivity contribution is 0.0858. The molecule has 0 saturated heterocycles. The smallest absolute Gasteiger partial charge is 0.268 e. The van der Waals surface area contributed by atoms with Gasteiger partial charge in [0.15, 0.2) is 0 Å². The number of rotatable bonds is 4. The molecule has 0 saturated carbocycles. The van der Waals surface area contributed by atoms with Crippen molar-refractivity contribution in [2.24, 2.45) is 0 Å². The molecular formula is C28H22ClN3O5. The summed E-state index contributed by atoms with van der Waals surface area (Å²) >= 11 is 6.54. The molecular weight excluding hydrogens is 494 g/mol. The lowest BCUT2D eigenvalue weighted by Gasteiger charge is -2.19. The van der Waals surface area contributed by atoms with Crippen LogP contribution in [0.1, 0.15) is 33.3 Å². The quantitative estimate of drug-likeness (QED) is 0.365. The van der Waals surface area contributed by atoms with Gasteiger partial charge in [-0.25, -0.2) is 0 Å². The number of carbonyl (C=O) groups is 1. The van der Waals surface area contributed by atoms with Gasteiger partial charge in [-0.2, -0.15) is 0 Å². The summed E-state index contributed by atoms with van der Waals surface area (Å²) in [4.78, 5) is 26.7. The van der Waals surface area contributed by atoms with Crippen LogP contribution in [0.25, 0.3) is 27.5 Å². The molecule has 0 aliphatic heterocycles. The van der Waals surface area contributed by atoms with Gasteiger partial charge < -0.3 is 19.7 Å². The van der Waals surface area contributed by atoms with E-state index >= 15 is 0 Å². The van der Waals surface area contributed by atoms with Crippen molar-refractivity contribution in [1.29, 1.82) is 0 Å². The molecule has 186 valence electrons. The first-order valence-corrected chi connectivity index (χ1v) is 12.1. The molecule has 0 spiro atoms. The number of hydrogen-bond acceptors (Lipinski definition) is 6. The summed E-state index contributed by atoms with van der Waals surface area (Å²) in [7, 11) is 1.56. The van der Waals surface area contributed by atoms with Crippen LogP contribution in [-0.4, -0.2) is 34.0 Å². The molecule has 5 aromatic rings. The summed E-state index contributed by atoms with van der Waals surface area (Å²) in [5.74, 6) is 0.725. The number of hydrogen-bond donors (Lipinski definition) is 2. The second-order valence-electron chi connectivity index (χ2n) is 9.07. The van der Waals surface area contributed by atoms with Crippen molar-refractivity contribution in [2.75, 3.05) is 7.11 Å². The molecule has 1 amide bonds. The number of nitrogens with zero attached hydrogens (tertiary/aromatic N) is 2. The van der Waals surface area contributed by atoms with Crippen LogP contribution in [-0.2, 0) is 6.42 Å². The van der Waals surface area contributed by atoms with Crippen LogP contribution in [0.5, 0.6) is 5.75 Å². The standard InChI is InChI=1S/C28H22ClN3O5/c1-14-23-26(31-37-14)24-20(29)4-3-5-21(24)32(28(23)35)17-9-6-16-12-22(33)25(19(16)13-17)30-27(34)15-7-10-18(36-2)11-8-15/h3-11,13,22,25,33H,12H2,1-2H3,(H,30,34). The first-order valence-electron chi connectivity index (χ1n) is 11.7. The Morgan fingerprint density at radius 2 is 1.95 bits per heavy atom. The van der Waals surface area contributed by atoms with E-state index in [4.69, 9.17) is 20.9 Å². The molecule has 0 bridgehead atoms. The minimum atomic E-state index is -0.807. The number of nitrogens with one attached hydrogen (secondary N) is 1. The maximum atomic E-state index is 13.7. The fraction of sp³-hybridized carbons (Fsp3) is 0.179. The molecule has 6 rings (SSSR count). The van der Waals surface area contributed by atoms with E-state index in [1.54, 1.807) is 61.1 Å². The van der Waals surface area contributed by atoms with E-state index in [1.807, 2.05) is 18.2 Å². The highest BCUT2D eigenvalue weighted by Gasteiger charge is 2.33. The molecule has 0 fully saturated rings. The lowest BCUT2D eigenvalue weighted by atomic mass is 10.0. The van der Waals surface area contributed by atoms with Crippen LogP contribution in [0, 0.1) is 6.92 Å². The van der Waals surface area contributed by atoms with Crippen molar-refractivity contribution < 1.29 is 19.2 Å². The fourth-order valence-electron chi connectivity index (χ4n) is 5.09. The molecule has 2 atom stereocenters. The third kappa shape index (κ3) is 3.68. The van der Waals surface area contributed by atoms with Gasteiger partial charge >= 0.3 is 0 Å². The molecule has 2 heterocycles. The Balaban J connectivity index is 1.47. The molecule has 3 aromatic carbocycles. The number of amides is 1. The Morgan fingerprint density at radius 3 is 2.70 bits per heavy atom. The molecule has 9 heteroatoms. The monoisotopic (exact) mass is 515 g/mol. The van der Waals surface area contributed by atoms with E-state index in [-0.39, 0.29) is 11.5 Å². The van der Waals surface area contributed by atoms with Gasteiger partial charge in [-0.1, -0.05) is 28.9 Å². The molecule has 8 nitrogen and oxygen atoms in total. The lowest BCUT2D eigenvalue weighted by Crippen LogP contribution is -2.34. The maximum Gasteiger partial charge on any atom is 0.268 e. The van der Waals surface area contributed by atoms with Crippen molar-refractivity contribution in [3.63, 3.8) is 0 Å². The normalized spacial score (nSPS) is 16.8. The highest BCUT2D eigenvalue weighted by Crippen LogP contribution is 2.35. The van der Waals surface area contributed by atoms with Crippen LogP contribution in [0.4, 0.5) is 0 Å². The van der Waals surface area contributed by atoms with E-state index < -0.39 is 12.1 Å². The first-order chi connectivity index (χ1) is 17.9. The fourth-order valence-corrected chi connectivity index (χ4v) is 5.35. The molecule has 2 aromatic heterocycles. The summed E-state index contributed by atoms with van der Waals surface area (Å²) in [6, 6.07) is 17.0. The molecule has 37 heavy (non-hydrogen) atoms. The number of aliphatic hydroxyl groups is 1. The van der Waals surface area contributed by atoms with Crippen molar-refractivity contribution >= 4 is 39.3 Å². The summed E-state index contributed by atoms with van der Waals surface area (Å²) in [6.45, 7) is 1.69. The zero-order valence-corrected chi connectivity index (χ0v) is 20.7. The number of benzene rings is 3. The number of ether oxygens (including phenoxy) is 1. The van der Waals surface area contributed by atoms with Crippen LogP contribution in [0.2, 0.25) is 5.02 Å². The number of halogens is 1. The van der Waals surface area contributed by atoms with Gasteiger partial charge in [-0.15, -0.1) is 0 Å². The Labute approximate surface area is 216 Å². The van der Waals surface area contributed by atoms with Crippen molar-refractivity contribution in [1.82, 2.24) is 15.0 Å². The van der Waals surface area contributed by atoms with Crippen molar-refractivity contribution in [2.45, 2.75) is 25.5 Å². The van der Waals surface area contributed by atoms with Crippen LogP contribution in [0.15, 0.2) is 70.0 Å². The van der Waals surface area contributed by atoms with Crippen molar-refractivity contribution in [3.05, 3.63) is 98.5 Å². The second kappa shape index (κ2) is 8.76. The highest BCUT2D eigenvalue weighted by molar-refractivity contribution is 6.37. The summed E-state index contributed by atoms with van der Waals surface area (Å²) in [5, 5.41) is 19.3. The minimum Gasteiger partial charge on any atom is -0.497 e. The average Bonchev–Trinajstić information content (AvgIpc) is 3.43. The number of aliphatic hydroxyl groups excluding tert-OH is 1. The third-order valence-electron chi connectivity index (χ3n) is 6.92. The maximum absolute atomic E-state index is 13.7. The predicted molar refractivity (Wildman–Crippen MR) is 140 cm³/mol. The topological polar surface area (TPSA) is 107 Å². The van der Waals surface area contributed by atoms with Gasteiger partial charge in [-0.05, 0) is 66.6 Å². The van der Waals surface area contributed by atoms with E-state index in [0.717, 1.165) is 11.1 Å². The van der Waals surface area contributed by atoms with E-state index in [9.17, 15) is 14.7 Å². The van der Waals surface area contributed by atoms with Crippen LogP contribution >= 0.6 is 11.6 Å². The minimum absolute atomic E-state index is 0.291. The molecule has 2 N–H and O–H groups in total. The molecule has 1 aliphatic carbocycles. The van der Waals surface area contributed by atoms with E-state index in [2.05, 4.69) is 10.5 Å². The van der Waals surface area contributed by atoms with Gasteiger partial charge in [-0.3, -0.25) is 14.2 Å². The highest BCUT2D eigenvalue weighted by atomic mass is 35.5. The predicted octanol–water partition coefficient (Wildman–Crippen LogP) is 4.49. The Kier molecular flexibility index (Phi) is 5.51. The van der Waals surface area contributed by atoms with Gasteiger partial charge in [0.05, 0.1) is 29.8 Å². The Bertz CT molecular complexity index is 1760. The second-order valence-corrected chi connectivity index (χ2v) is 9.48. The van der Waals surface area contributed by atoms with Gasteiger partial charge in [0.2, 0.25) is 0 Å². The number of methoxy groups -OCH3 is 1. The number of pyridine rings is 1. The van der Waals surface area contributed by atoms with Gasteiger partial charge in [0.25, 0.3) is 11.5 Å². The largest absolute Gasteiger partial charge is 0.497 e. The zero-order chi connectivity index (χ0) is 25.8. The average molecular weight is 516 g/mol. The van der Waals surface area contributed by atoms with E-state index in [1.165, 1.54) is 0 Å². The summed E-state index contributed by atoms with van der Waals surface area (Å²) in [5.41, 5.74) is 3.38. The first kappa shape index (κ1) is 23.3. The number of fused-ring (bicyclic) bond motifs is 4. The molecule has 2 unspecified atom stereocenters. The van der Waals surface area contributed by atoms with Crippen molar-refractivity contribution in [3.8, 4) is 11.4 Å². The number of aromatic nitrogens is 2. The summed E-state index contributed by atoms with van der Waals surface area (Å²) < 4.78 is 12.1. The Hall–Kier alpha value is -4.14. The van der Waals surface area contributed by atoms with Crippen LogP contribution < -0.4 is 15.6 Å². The van der Waals surface area contributed by atoms with Crippen LogP contribution in [0.3, 0.4) is 0 Å². The molecule has 0 radical (unpaired) electrons. The van der Waals surface area contributed by atoms with Gasteiger partial charge in [0, 0.05) is 23.1 Å². The zero-order valence-electron chi connectivity index (χ0n) is 20.0. The third-order valence-corrected chi connectivity index (χ3v) is 7.24.